The molecule has 3 rings (SSSR count). The molecule has 1 fully saturated rings. The number of hydrogen-bond donors (Lipinski definition) is 0. The van der Waals surface area contributed by atoms with E-state index in [0.717, 1.165) is 0 Å². The Balaban J connectivity index is 2.01. The second-order valence-electron chi connectivity index (χ2n) is 5.37. The Labute approximate surface area is 117 Å². The van der Waals surface area contributed by atoms with Gasteiger partial charge < -0.3 is 9.64 Å². The molecule has 2 atom stereocenters. The first kappa shape index (κ1) is 13.2. The standard InChI is InChI=1S/C14H13BFNO3/c1-20-12(18)6-17-7-14(5-11(14)16)10-4-8(15)2-3-9(10)13(17)19/h2-4,11H,5-7H2,1H3/t11-,14-/m1/s1. The highest BCUT2D eigenvalue weighted by atomic mass is 19.1. The van der Waals surface area contributed by atoms with Crippen LogP contribution in [0.15, 0.2) is 18.2 Å². The molecule has 1 spiro atoms. The highest BCUT2D eigenvalue weighted by molar-refractivity contribution is 6.32. The van der Waals surface area contributed by atoms with Gasteiger partial charge >= 0.3 is 5.97 Å². The van der Waals surface area contributed by atoms with E-state index in [1.807, 2.05) is 0 Å². The molecule has 0 saturated heterocycles. The van der Waals surface area contributed by atoms with E-state index in [0.29, 0.717) is 23.0 Å². The van der Waals surface area contributed by atoms with E-state index in [-0.39, 0.29) is 19.0 Å². The van der Waals surface area contributed by atoms with E-state index in [1.165, 1.54) is 12.0 Å². The number of hydrogen-bond acceptors (Lipinski definition) is 3. The zero-order valence-corrected chi connectivity index (χ0v) is 11.1. The van der Waals surface area contributed by atoms with Gasteiger partial charge in [-0.3, -0.25) is 9.59 Å². The molecule has 0 aromatic heterocycles. The summed E-state index contributed by atoms with van der Waals surface area (Å²) >= 11 is 0. The zero-order chi connectivity index (χ0) is 14.5. The minimum Gasteiger partial charge on any atom is -0.468 e. The van der Waals surface area contributed by atoms with Gasteiger partial charge in [-0.25, -0.2) is 4.39 Å². The maximum atomic E-state index is 13.9. The molecule has 1 saturated carbocycles. The Morgan fingerprint density at radius 1 is 1.60 bits per heavy atom. The summed E-state index contributed by atoms with van der Waals surface area (Å²) in [6.45, 7) is 0.0339. The predicted octanol–water partition coefficient (Wildman–Crippen LogP) is 0.0888. The summed E-state index contributed by atoms with van der Waals surface area (Å²) in [6.07, 6.45) is -0.648. The van der Waals surface area contributed by atoms with Crippen molar-refractivity contribution in [2.45, 2.75) is 18.0 Å². The van der Waals surface area contributed by atoms with Gasteiger partial charge in [0.1, 0.15) is 20.6 Å². The second kappa shape index (κ2) is 4.33. The van der Waals surface area contributed by atoms with Crippen LogP contribution >= 0.6 is 0 Å². The lowest BCUT2D eigenvalue weighted by Gasteiger charge is -2.34. The van der Waals surface area contributed by atoms with E-state index in [9.17, 15) is 14.0 Å². The van der Waals surface area contributed by atoms with Gasteiger partial charge in [0.25, 0.3) is 5.91 Å². The predicted molar refractivity (Wildman–Crippen MR) is 70.9 cm³/mol. The summed E-state index contributed by atoms with van der Waals surface area (Å²) < 4.78 is 18.5. The first-order valence-electron chi connectivity index (χ1n) is 6.38. The van der Waals surface area contributed by atoms with Gasteiger partial charge in [-0.2, -0.15) is 0 Å². The molecule has 1 aliphatic heterocycles. The number of ether oxygens (including phenoxy) is 1. The van der Waals surface area contributed by atoms with E-state index >= 15 is 0 Å². The van der Waals surface area contributed by atoms with Crippen LogP contribution < -0.4 is 5.46 Å². The second-order valence-corrected chi connectivity index (χ2v) is 5.37. The van der Waals surface area contributed by atoms with Gasteiger partial charge in [0.05, 0.1) is 7.11 Å². The number of fused-ring (bicyclic) bond motifs is 2. The molecular formula is C14H13BFNO3. The normalized spacial score (nSPS) is 27.4. The topological polar surface area (TPSA) is 46.6 Å². The highest BCUT2D eigenvalue weighted by Gasteiger charge is 2.61. The molecule has 0 unspecified atom stereocenters. The molecule has 1 aromatic carbocycles. The summed E-state index contributed by atoms with van der Waals surface area (Å²) in [5.74, 6) is -0.793. The number of amides is 1. The molecule has 0 N–H and O–H groups in total. The fraction of sp³-hybridized carbons (Fsp3) is 0.429. The van der Waals surface area contributed by atoms with Crippen molar-refractivity contribution in [3.63, 3.8) is 0 Å². The minimum absolute atomic E-state index is 0.159. The molecule has 1 aliphatic carbocycles. The molecule has 102 valence electrons. The van der Waals surface area contributed by atoms with E-state index < -0.39 is 17.6 Å². The quantitative estimate of drug-likeness (QED) is 0.566. The minimum atomic E-state index is -1.00. The van der Waals surface area contributed by atoms with Crippen LogP contribution in [0.25, 0.3) is 0 Å². The SMILES string of the molecule is [B]c1ccc2c(c1)[C@@]1(C[C@H]1F)CN(CC(=O)OC)C2=O. The van der Waals surface area contributed by atoms with Crippen molar-refractivity contribution in [3.8, 4) is 0 Å². The van der Waals surface area contributed by atoms with Crippen LogP contribution in [-0.4, -0.2) is 51.0 Å². The van der Waals surface area contributed by atoms with Crippen LogP contribution in [0.2, 0.25) is 0 Å². The number of carbonyl (C=O) groups excluding carboxylic acids is 2. The smallest absolute Gasteiger partial charge is 0.325 e. The summed E-state index contributed by atoms with van der Waals surface area (Å²) in [5, 5.41) is 0. The first-order chi connectivity index (χ1) is 9.48. The monoisotopic (exact) mass is 273 g/mol. The third kappa shape index (κ3) is 1.82. The average Bonchev–Trinajstić information content (AvgIpc) is 3.06. The Morgan fingerprint density at radius 2 is 2.30 bits per heavy atom. The van der Waals surface area contributed by atoms with Gasteiger partial charge in [-0.1, -0.05) is 17.6 Å². The fourth-order valence-electron chi connectivity index (χ4n) is 2.88. The Morgan fingerprint density at radius 3 is 2.90 bits per heavy atom. The third-order valence-corrected chi connectivity index (χ3v) is 4.10. The van der Waals surface area contributed by atoms with Crippen LogP contribution in [0.5, 0.6) is 0 Å². The summed E-state index contributed by atoms with van der Waals surface area (Å²) in [6, 6.07) is 4.88. The lowest BCUT2D eigenvalue weighted by atomic mass is 9.82. The number of rotatable bonds is 2. The number of methoxy groups -OCH3 is 1. The van der Waals surface area contributed by atoms with Crippen molar-refractivity contribution in [1.82, 2.24) is 4.90 Å². The van der Waals surface area contributed by atoms with Gasteiger partial charge in [0.15, 0.2) is 0 Å². The molecule has 20 heavy (non-hydrogen) atoms. The lowest BCUT2D eigenvalue weighted by molar-refractivity contribution is -0.141. The fourth-order valence-corrected chi connectivity index (χ4v) is 2.88. The Kier molecular flexibility index (Phi) is 2.85. The molecule has 2 aliphatic rings. The largest absolute Gasteiger partial charge is 0.468 e. The van der Waals surface area contributed by atoms with Crippen molar-refractivity contribution in [1.29, 1.82) is 0 Å². The molecule has 1 aromatic rings. The van der Waals surface area contributed by atoms with Crippen molar-refractivity contribution in [3.05, 3.63) is 29.3 Å². The van der Waals surface area contributed by atoms with Crippen LogP contribution in [0.3, 0.4) is 0 Å². The molecule has 1 heterocycles. The zero-order valence-electron chi connectivity index (χ0n) is 11.1. The summed E-state index contributed by atoms with van der Waals surface area (Å²) in [5.41, 5.74) is 0.897. The number of alkyl halides is 1. The van der Waals surface area contributed by atoms with Crippen molar-refractivity contribution < 1.29 is 18.7 Å². The number of carbonyl (C=O) groups is 2. The maximum absolute atomic E-state index is 13.9. The first-order valence-corrected chi connectivity index (χ1v) is 6.38. The van der Waals surface area contributed by atoms with Gasteiger partial charge in [0, 0.05) is 17.5 Å². The van der Waals surface area contributed by atoms with Crippen LogP contribution in [0.4, 0.5) is 4.39 Å². The molecular weight excluding hydrogens is 260 g/mol. The van der Waals surface area contributed by atoms with Crippen molar-refractivity contribution in [2.24, 2.45) is 0 Å². The number of nitrogens with zero attached hydrogens (tertiary/aromatic N) is 1. The van der Waals surface area contributed by atoms with Crippen LogP contribution in [0, 0.1) is 0 Å². The third-order valence-electron chi connectivity index (χ3n) is 4.10. The number of benzene rings is 1. The Hall–Kier alpha value is -1.85. The van der Waals surface area contributed by atoms with Crippen LogP contribution in [0.1, 0.15) is 22.3 Å². The van der Waals surface area contributed by atoms with E-state index in [4.69, 9.17) is 7.85 Å². The maximum Gasteiger partial charge on any atom is 0.325 e. The highest BCUT2D eigenvalue weighted by Crippen LogP contribution is 2.54. The lowest BCUT2D eigenvalue weighted by Crippen LogP contribution is -2.47. The number of esters is 1. The summed E-state index contributed by atoms with van der Waals surface area (Å²) in [4.78, 5) is 25.1. The Bertz CT molecular complexity index is 606. The van der Waals surface area contributed by atoms with Crippen LogP contribution in [-0.2, 0) is 14.9 Å². The summed E-state index contributed by atoms with van der Waals surface area (Å²) in [7, 11) is 7.00. The molecule has 4 nitrogen and oxygen atoms in total. The molecule has 2 radical (unpaired) electrons. The van der Waals surface area contributed by atoms with Crippen molar-refractivity contribution >= 4 is 25.2 Å². The van der Waals surface area contributed by atoms with Gasteiger partial charge in [0.2, 0.25) is 0 Å². The van der Waals surface area contributed by atoms with E-state index in [2.05, 4.69) is 4.74 Å². The van der Waals surface area contributed by atoms with E-state index in [1.54, 1.807) is 18.2 Å². The molecule has 1 amide bonds. The van der Waals surface area contributed by atoms with Gasteiger partial charge in [-0.05, 0) is 18.1 Å². The average molecular weight is 273 g/mol. The molecule has 0 bridgehead atoms. The molecule has 6 heteroatoms. The van der Waals surface area contributed by atoms with Gasteiger partial charge in [-0.15, -0.1) is 0 Å². The van der Waals surface area contributed by atoms with Crippen molar-refractivity contribution in [2.75, 3.05) is 20.2 Å². The number of halogens is 1.